The first-order valence-electron chi connectivity index (χ1n) is 9.71. The standard InChI is InChI=1S/C23H25N3O3S/c1-5-16-6-8-17(9-7-16)20-14-30-23(24-20)25-21(27)15(2)29-22(28)18-10-12-19(13-11-18)26(3)4/h6-15H,5H2,1-4H3,(H,24,25,27)/t15-/m1/s1. The van der Waals surface area contributed by atoms with Gasteiger partial charge < -0.3 is 9.64 Å². The molecule has 0 aliphatic carbocycles. The lowest BCUT2D eigenvalue weighted by Gasteiger charge is -2.14. The lowest BCUT2D eigenvalue weighted by Crippen LogP contribution is -2.30. The van der Waals surface area contributed by atoms with Gasteiger partial charge in [-0.1, -0.05) is 31.2 Å². The van der Waals surface area contributed by atoms with E-state index in [1.165, 1.54) is 16.9 Å². The van der Waals surface area contributed by atoms with Gasteiger partial charge in [-0.2, -0.15) is 0 Å². The minimum absolute atomic E-state index is 0.396. The summed E-state index contributed by atoms with van der Waals surface area (Å²) >= 11 is 1.33. The summed E-state index contributed by atoms with van der Waals surface area (Å²) in [6.45, 7) is 3.65. The number of benzene rings is 2. The molecular weight excluding hydrogens is 398 g/mol. The Hall–Kier alpha value is -3.19. The number of hydrogen-bond donors (Lipinski definition) is 1. The number of nitrogens with one attached hydrogen (secondary N) is 1. The first kappa shape index (κ1) is 21.5. The van der Waals surface area contributed by atoms with Gasteiger partial charge in [0.1, 0.15) is 0 Å². The average Bonchev–Trinajstić information content (AvgIpc) is 3.22. The van der Waals surface area contributed by atoms with E-state index in [0.29, 0.717) is 10.7 Å². The Balaban J connectivity index is 1.58. The Morgan fingerprint density at radius 2 is 1.77 bits per heavy atom. The van der Waals surface area contributed by atoms with Gasteiger partial charge in [0.05, 0.1) is 11.3 Å². The van der Waals surface area contributed by atoms with Crippen LogP contribution in [0.1, 0.15) is 29.8 Å². The highest BCUT2D eigenvalue weighted by molar-refractivity contribution is 7.14. The van der Waals surface area contributed by atoms with E-state index in [0.717, 1.165) is 23.4 Å². The van der Waals surface area contributed by atoms with Gasteiger partial charge in [0, 0.05) is 30.7 Å². The molecule has 0 saturated heterocycles. The maximum Gasteiger partial charge on any atom is 0.338 e. The molecule has 1 amide bonds. The van der Waals surface area contributed by atoms with Gasteiger partial charge in [-0.15, -0.1) is 11.3 Å². The molecule has 0 spiro atoms. The molecule has 3 aromatic rings. The van der Waals surface area contributed by atoms with Crippen LogP contribution >= 0.6 is 11.3 Å². The molecule has 156 valence electrons. The molecule has 6 nitrogen and oxygen atoms in total. The number of thiazole rings is 1. The van der Waals surface area contributed by atoms with Gasteiger partial charge >= 0.3 is 5.97 Å². The van der Waals surface area contributed by atoms with E-state index in [-0.39, 0.29) is 0 Å². The molecule has 0 aliphatic heterocycles. The second kappa shape index (κ2) is 9.54. The quantitative estimate of drug-likeness (QED) is 0.562. The Kier molecular flexibility index (Phi) is 6.84. The molecule has 1 atom stereocenters. The molecule has 0 saturated carbocycles. The van der Waals surface area contributed by atoms with Gasteiger partial charge in [-0.25, -0.2) is 9.78 Å². The van der Waals surface area contributed by atoms with Gasteiger partial charge in [-0.05, 0) is 43.2 Å². The Morgan fingerprint density at radius 1 is 1.10 bits per heavy atom. The lowest BCUT2D eigenvalue weighted by atomic mass is 10.1. The SMILES string of the molecule is CCc1ccc(-c2csc(NC(=O)[C@@H](C)OC(=O)c3ccc(N(C)C)cc3)n2)cc1. The predicted octanol–water partition coefficient (Wildman–Crippen LogP) is 4.62. The molecule has 2 aromatic carbocycles. The third-order valence-electron chi connectivity index (χ3n) is 4.66. The minimum atomic E-state index is -0.942. The summed E-state index contributed by atoms with van der Waals surface area (Å²) < 4.78 is 5.30. The topological polar surface area (TPSA) is 71.5 Å². The molecule has 1 aromatic heterocycles. The van der Waals surface area contributed by atoms with E-state index in [4.69, 9.17) is 4.74 Å². The number of hydrogen-bond acceptors (Lipinski definition) is 6. The highest BCUT2D eigenvalue weighted by Gasteiger charge is 2.20. The second-order valence-electron chi connectivity index (χ2n) is 7.07. The van der Waals surface area contributed by atoms with Gasteiger partial charge in [0.15, 0.2) is 11.2 Å². The van der Waals surface area contributed by atoms with E-state index in [2.05, 4.69) is 29.4 Å². The fraction of sp³-hybridized carbons (Fsp3) is 0.261. The van der Waals surface area contributed by atoms with Crippen LogP contribution in [0, 0.1) is 0 Å². The summed E-state index contributed by atoms with van der Waals surface area (Å²) in [5.41, 5.74) is 4.41. The van der Waals surface area contributed by atoms with Crippen LogP contribution in [0.5, 0.6) is 0 Å². The second-order valence-corrected chi connectivity index (χ2v) is 7.92. The van der Waals surface area contributed by atoms with Crippen LogP contribution in [0.25, 0.3) is 11.3 Å². The number of rotatable bonds is 7. The molecule has 0 aliphatic rings. The molecule has 0 bridgehead atoms. The molecule has 1 heterocycles. The first-order chi connectivity index (χ1) is 14.4. The fourth-order valence-corrected chi connectivity index (χ4v) is 3.48. The number of esters is 1. The van der Waals surface area contributed by atoms with Gasteiger partial charge in [-0.3, -0.25) is 10.1 Å². The van der Waals surface area contributed by atoms with E-state index in [1.807, 2.05) is 48.6 Å². The van der Waals surface area contributed by atoms with Crippen molar-refractivity contribution < 1.29 is 14.3 Å². The molecular formula is C23H25N3O3S. The van der Waals surface area contributed by atoms with Crippen LogP contribution in [0.15, 0.2) is 53.9 Å². The maximum absolute atomic E-state index is 12.4. The van der Waals surface area contributed by atoms with Crippen molar-refractivity contribution in [1.29, 1.82) is 0 Å². The average molecular weight is 424 g/mol. The summed E-state index contributed by atoms with van der Waals surface area (Å²) in [5, 5.41) is 5.07. The summed E-state index contributed by atoms with van der Waals surface area (Å²) in [6.07, 6.45) is 0.0388. The smallest absolute Gasteiger partial charge is 0.338 e. The maximum atomic E-state index is 12.4. The summed E-state index contributed by atoms with van der Waals surface area (Å²) in [4.78, 5) is 31.1. The zero-order chi connectivity index (χ0) is 21.7. The zero-order valence-corrected chi connectivity index (χ0v) is 18.3. The summed E-state index contributed by atoms with van der Waals surface area (Å²) in [5.74, 6) is -0.964. The number of ether oxygens (including phenoxy) is 1. The number of nitrogens with zero attached hydrogens (tertiary/aromatic N) is 2. The highest BCUT2D eigenvalue weighted by atomic mass is 32.1. The fourth-order valence-electron chi connectivity index (χ4n) is 2.76. The normalized spacial score (nSPS) is 11.6. The predicted molar refractivity (Wildman–Crippen MR) is 121 cm³/mol. The number of aryl methyl sites for hydroxylation is 1. The number of carbonyl (C=O) groups excluding carboxylic acids is 2. The Morgan fingerprint density at radius 3 is 2.37 bits per heavy atom. The molecule has 30 heavy (non-hydrogen) atoms. The highest BCUT2D eigenvalue weighted by Crippen LogP contribution is 2.25. The molecule has 7 heteroatoms. The van der Waals surface area contributed by atoms with Crippen LogP contribution in [0.2, 0.25) is 0 Å². The first-order valence-corrected chi connectivity index (χ1v) is 10.6. The van der Waals surface area contributed by atoms with Crippen molar-refractivity contribution in [2.45, 2.75) is 26.4 Å². The van der Waals surface area contributed by atoms with Crippen LogP contribution in [0.3, 0.4) is 0 Å². The lowest BCUT2D eigenvalue weighted by molar-refractivity contribution is -0.123. The van der Waals surface area contributed by atoms with Crippen molar-refractivity contribution in [1.82, 2.24) is 4.98 Å². The largest absolute Gasteiger partial charge is 0.449 e. The minimum Gasteiger partial charge on any atom is -0.449 e. The van der Waals surface area contributed by atoms with E-state index < -0.39 is 18.0 Å². The molecule has 0 radical (unpaired) electrons. The summed E-state index contributed by atoms with van der Waals surface area (Å²) in [7, 11) is 3.84. The van der Waals surface area contributed by atoms with Crippen molar-refractivity contribution in [3.8, 4) is 11.3 Å². The van der Waals surface area contributed by atoms with Crippen LogP contribution in [0.4, 0.5) is 10.8 Å². The van der Waals surface area contributed by atoms with E-state index >= 15 is 0 Å². The van der Waals surface area contributed by atoms with Gasteiger partial charge in [0.25, 0.3) is 5.91 Å². The van der Waals surface area contributed by atoms with Gasteiger partial charge in [0.2, 0.25) is 0 Å². The third kappa shape index (κ3) is 5.24. The van der Waals surface area contributed by atoms with Crippen molar-refractivity contribution in [2.75, 3.05) is 24.3 Å². The molecule has 0 fully saturated rings. The molecule has 0 unspecified atom stereocenters. The Labute approximate surface area is 180 Å². The van der Waals surface area contributed by atoms with Crippen LogP contribution < -0.4 is 10.2 Å². The number of anilines is 2. The van der Waals surface area contributed by atoms with Crippen LogP contribution in [-0.4, -0.2) is 37.1 Å². The van der Waals surface area contributed by atoms with Crippen molar-refractivity contribution in [2.24, 2.45) is 0 Å². The Bertz CT molecular complexity index is 1010. The zero-order valence-electron chi connectivity index (χ0n) is 17.5. The van der Waals surface area contributed by atoms with Crippen LogP contribution in [-0.2, 0) is 16.0 Å². The van der Waals surface area contributed by atoms with Crippen molar-refractivity contribution in [3.63, 3.8) is 0 Å². The van der Waals surface area contributed by atoms with Crippen molar-refractivity contribution >= 4 is 34.0 Å². The third-order valence-corrected chi connectivity index (χ3v) is 5.42. The van der Waals surface area contributed by atoms with E-state index in [9.17, 15) is 9.59 Å². The van der Waals surface area contributed by atoms with Crippen molar-refractivity contribution in [3.05, 3.63) is 65.0 Å². The molecule has 1 N–H and O–H groups in total. The van der Waals surface area contributed by atoms with E-state index in [1.54, 1.807) is 19.1 Å². The molecule has 3 rings (SSSR count). The number of carbonyl (C=O) groups is 2. The summed E-state index contributed by atoms with van der Waals surface area (Å²) in [6, 6.07) is 15.2. The monoisotopic (exact) mass is 423 g/mol. The number of aromatic nitrogens is 1. The number of amides is 1.